The van der Waals surface area contributed by atoms with Crippen LogP contribution in [-0.2, 0) is 16.2 Å². The molecule has 9 heteroatoms. The molecule has 0 amide bonds. The maximum absolute atomic E-state index is 12.9. The van der Waals surface area contributed by atoms with Crippen LogP contribution in [0.3, 0.4) is 0 Å². The fraction of sp³-hybridized carbons (Fsp3) is 0.250. The van der Waals surface area contributed by atoms with Gasteiger partial charge in [0.15, 0.2) is 0 Å². The van der Waals surface area contributed by atoms with Crippen LogP contribution in [0, 0.1) is 6.92 Å². The fourth-order valence-electron chi connectivity index (χ4n) is 2.13. The average molecular weight is 374 g/mol. The number of hydrogen-bond donors (Lipinski definition) is 2. The van der Waals surface area contributed by atoms with Gasteiger partial charge < -0.3 is 10.1 Å². The second kappa shape index (κ2) is 7.32. The van der Waals surface area contributed by atoms with Crippen LogP contribution in [0.2, 0.25) is 0 Å². The third-order valence-corrected chi connectivity index (χ3v) is 4.32. The lowest BCUT2D eigenvalue weighted by Crippen LogP contribution is -2.14. The van der Waals surface area contributed by atoms with Gasteiger partial charge in [-0.1, -0.05) is 6.07 Å². The van der Waals surface area contributed by atoms with Gasteiger partial charge in [0.1, 0.15) is 12.4 Å². The van der Waals surface area contributed by atoms with E-state index < -0.39 is 21.8 Å². The third-order valence-electron chi connectivity index (χ3n) is 3.40. The summed E-state index contributed by atoms with van der Waals surface area (Å²) in [5.74, 6) is 0.425. The molecule has 0 aromatic heterocycles. The Morgan fingerprint density at radius 1 is 1.12 bits per heavy atom. The van der Waals surface area contributed by atoms with Crippen molar-refractivity contribution in [3.63, 3.8) is 0 Å². The van der Waals surface area contributed by atoms with E-state index in [4.69, 9.17) is 9.88 Å². The summed E-state index contributed by atoms with van der Waals surface area (Å²) < 4.78 is 66.2. The largest absolute Gasteiger partial charge is 0.492 e. The number of halogens is 3. The molecule has 0 spiro atoms. The lowest BCUT2D eigenvalue weighted by atomic mass is 10.1. The van der Waals surface area contributed by atoms with Crippen LogP contribution >= 0.6 is 0 Å². The molecule has 0 heterocycles. The van der Waals surface area contributed by atoms with Crippen molar-refractivity contribution in [1.82, 2.24) is 0 Å². The number of ether oxygens (including phenoxy) is 1. The number of benzene rings is 2. The maximum atomic E-state index is 12.9. The van der Waals surface area contributed by atoms with Crippen LogP contribution in [-0.4, -0.2) is 21.6 Å². The van der Waals surface area contributed by atoms with Crippen molar-refractivity contribution in [2.45, 2.75) is 18.0 Å². The van der Waals surface area contributed by atoms with E-state index >= 15 is 0 Å². The molecule has 0 aliphatic carbocycles. The summed E-state index contributed by atoms with van der Waals surface area (Å²) in [6, 6.07) is 9.54. The van der Waals surface area contributed by atoms with E-state index in [1.54, 1.807) is 6.07 Å². The quantitative estimate of drug-likeness (QED) is 0.761. The van der Waals surface area contributed by atoms with Crippen molar-refractivity contribution in [2.24, 2.45) is 5.14 Å². The summed E-state index contributed by atoms with van der Waals surface area (Å²) in [5, 5.41) is 7.84. The lowest BCUT2D eigenvalue weighted by molar-refractivity contribution is -0.138. The molecule has 2 aromatic rings. The summed E-state index contributed by atoms with van der Waals surface area (Å²) in [5.41, 5.74) is -0.188. The van der Waals surface area contributed by atoms with Crippen LogP contribution in [0.1, 0.15) is 11.1 Å². The first-order valence-electron chi connectivity index (χ1n) is 7.25. The summed E-state index contributed by atoms with van der Waals surface area (Å²) in [6.45, 7) is 1.86. The van der Waals surface area contributed by atoms with Crippen LogP contribution in [0.5, 0.6) is 5.75 Å². The topological polar surface area (TPSA) is 81.4 Å². The number of sulfonamides is 1. The third kappa shape index (κ3) is 5.36. The zero-order valence-corrected chi connectivity index (χ0v) is 14.1. The summed E-state index contributed by atoms with van der Waals surface area (Å²) in [7, 11) is -3.76. The van der Waals surface area contributed by atoms with Crippen LogP contribution in [0.4, 0.5) is 18.9 Å². The molecule has 0 aliphatic heterocycles. The first-order valence-corrected chi connectivity index (χ1v) is 8.79. The van der Waals surface area contributed by atoms with Gasteiger partial charge in [0, 0.05) is 12.2 Å². The smallest absolute Gasteiger partial charge is 0.416 e. The Labute approximate surface area is 143 Å². The highest BCUT2D eigenvalue weighted by molar-refractivity contribution is 7.89. The Balaban J connectivity index is 1.89. The van der Waals surface area contributed by atoms with E-state index in [0.29, 0.717) is 11.4 Å². The van der Waals surface area contributed by atoms with Gasteiger partial charge >= 0.3 is 6.18 Å². The number of primary sulfonamides is 1. The van der Waals surface area contributed by atoms with E-state index in [2.05, 4.69) is 5.32 Å². The minimum absolute atomic E-state index is 0.0303. The second-order valence-electron chi connectivity index (χ2n) is 5.32. The zero-order chi connectivity index (χ0) is 18.7. The minimum Gasteiger partial charge on any atom is -0.492 e. The van der Waals surface area contributed by atoms with Crippen molar-refractivity contribution >= 4 is 15.7 Å². The number of nitrogens with two attached hydrogens (primary N) is 1. The van der Waals surface area contributed by atoms with Crippen LogP contribution in [0.25, 0.3) is 0 Å². The highest BCUT2D eigenvalue weighted by atomic mass is 32.2. The molecule has 0 radical (unpaired) electrons. The van der Waals surface area contributed by atoms with Gasteiger partial charge in [-0.3, -0.25) is 0 Å². The highest BCUT2D eigenvalue weighted by Crippen LogP contribution is 2.33. The van der Waals surface area contributed by atoms with Gasteiger partial charge in [0.05, 0.1) is 10.5 Å². The zero-order valence-electron chi connectivity index (χ0n) is 13.3. The number of rotatable bonds is 6. The first kappa shape index (κ1) is 19.1. The standard InChI is InChI=1S/C16H17F3N2O3S/c1-11-2-3-12(10-15(11)16(17,18)19)21-8-9-24-13-4-6-14(7-5-13)25(20,22)23/h2-7,10,21H,8-9H2,1H3,(H2,20,22,23). The Morgan fingerprint density at radius 2 is 1.76 bits per heavy atom. The molecule has 136 valence electrons. The Morgan fingerprint density at radius 3 is 2.32 bits per heavy atom. The van der Waals surface area contributed by atoms with E-state index in [1.807, 2.05) is 0 Å². The Kier molecular flexibility index (Phi) is 5.58. The van der Waals surface area contributed by atoms with Gasteiger partial charge in [0.2, 0.25) is 10.0 Å². The number of anilines is 1. The van der Waals surface area contributed by atoms with E-state index in [0.717, 1.165) is 6.07 Å². The molecule has 0 saturated carbocycles. The van der Waals surface area contributed by atoms with Gasteiger partial charge in [-0.05, 0) is 48.9 Å². The highest BCUT2D eigenvalue weighted by Gasteiger charge is 2.32. The molecule has 5 nitrogen and oxygen atoms in total. The summed E-state index contributed by atoms with van der Waals surface area (Å²) >= 11 is 0. The SMILES string of the molecule is Cc1ccc(NCCOc2ccc(S(N)(=O)=O)cc2)cc1C(F)(F)F. The van der Waals surface area contributed by atoms with Crippen molar-refractivity contribution in [1.29, 1.82) is 0 Å². The second-order valence-corrected chi connectivity index (χ2v) is 6.88. The Hall–Kier alpha value is -2.26. The van der Waals surface area contributed by atoms with Gasteiger partial charge in [0.25, 0.3) is 0 Å². The molecule has 2 rings (SSSR count). The number of hydrogen-bond acceptors (Lipinski definition) is 4. The monoisotopic (exact) mass is 374 g/mol. The fourth-order valence-corrected chi connectivity index (χ4v) is 2.64. The normalized spacial score (nSPS) is 12.0. The number of alkyl halides is 3. The minimum atomic E-state index is -4.40. The van der Waals surface area contributed by atoms with E-state index in [-0.39, 0.29) is 23.6 Å². The van der Waals surface area contributed by atoms with Crippen molar-refractivity contribution in [2.75, 3.05) is 18.5 Å². The van der Waals surface area contributed by atoms with Crippen molar-refractivity contribution in [3.05, 3.63) is 53.6 Å². The molecule has 3 N–H and O–H groups in total. The van der Waals surface area contributed by atoms with Gasteiger partial charge in [-0.15, -0.1) is 0 Å². The van der Waals surface area contributed by atoms with Gasteiger partial charge in [-0.2, -0.15) is 13.2 Å². The first-order chi connectivity index (χ1) is 11.6. The lowest BCUT2D eigenvalue weighted by Gasteiger charge is -2.13. The van der Waals surface area contributed by atoms with Gasteiger partial charge in [-0.25, -0.2) is 13.6 Å². The van der Waals surface area contributed by atoms with Crippen LogP contribution in [0.15, 0.2) is 47.4 Å². The predicted octanol–water partition coefficient (Wildman–Crippen LogP) is 3.15. The van der Waals surface area contributed by atoms with Crippen molar-refractivity contribution < 1.29 is 26.3 Å². The molecule has 0 aliphatic rings. The maximum Gasteiger partial charge on any atom is 0.416 e. The van der Waals surface area contributed by atoms with E-state index in [1.165, 1.54) is 37.3 Å². The molecule has 0 saturated heterocycles. The molecule has 0 unspecified atom stereocenters. The summed E-state index contributed by atoms with van der Waals surface area (Å²) in [4.78, 5) is -0.0303. The molecule has 0 bridgehead atoms. The predicted molar refractivity (Wildman–Crippen MR) is 88.0 cm³/mol. The molecule has 25 heavy (non-hydrogen) atoms. The van der Waals surface area contributed by atoms with E-state index in [9.17, 15) is 21.6 Å². The molecule has 0 fully saturated rings. The molecule has 2 aromatic carbocycles. The van der Waals surface area contributed by atoms with Crippen LogP contribution < -0.4 is 15.2 Å². The number of nitrogens with one attached hydrogen (secondary N) is 1. The number of aryl methyl sites for hydroxylation is 1. The molecular formula is C16H17F3N2O3S. The average Bonchev–Trinajstić information content (AvgIpc) is 2.51. The molecular weight excluding hydrogens is 357 g/mol. The Bertz CT molecular complexity index is 835. The molecule has 0 atom stereocenters. The summed E-state index contributed by atoms with van der Waals surface area (Å²) in [6.07, 6.45) is -4.40. The van der Waals surface area contributed by atoms with Crippen molar-refractivity contribution in [3.8, 4) is 5.75 Å².